The average molecular weight is 268 g/mol. The summed E-state index contributed by atoms with van der Waals surface area (Å²) in [7, 11) is 0. The van der Waals surface area contributed by atoms with E-state index in [2.05, 4.69) is 44.5 Å². The lowest BCUT2D eigenvalue weighted by atomic mass is 10.2. The molecule has 0 saturated heterocycles. The van der Waals surface area contributed by atoms with Gasteiger partial charge < -0.3 is 0 Å². The molecule has 0 bridgehead atoms. The zero-order valence-corrected chi connectivity index (χ0v) is 9.96. The van der Waals surface area contributed by atoms with Crippen molar-refractivity contribution in [1.29, 1.82) is 0 Å². The van der Waals surface area contributed by atoms with E-state index in [-0.39, 0.29) is 0 Å². The highest BCUT2D eigenvalue weighted by Crippen LogP contribution is 2.29. The second kappa shape index (κ2) is 4.71. The van der Waals surface area contributed by atoms with Gasteiger partial charge in [-0.25, -0.2) is 0 Å². The topological polar surface area (TPSA) is 12.9 Å². The van der Waals surface area contributed by atoms with Crippen molar-refractivity contribution in [3.05, 3.63) is 52.5 Å². The summed E-state index contributed by atoms with van der Waals surface area (Å²) < 4.78 is 0. The molecule has 1 atom stereocenters. The summed E-state index contributed by atoms with van der Waals surface area (Å²) in [6, 6.07) is 10.2. The Morgan fingerprint density at radius 3 is 2.86 bits per heavy atom. The number of nitrogens with zero attached hydrogens (tertiary/aromatic N) is 1. The SMILES string of the molecule is BrC(Cc1ccccn1)c1cccs1. The fraction of sp³-hybridized carbons (Fsp3) is 0.182. The van der Waals surface area contributed by atoms with Crippen LogP contribution in [0, 0.1) is 0 Å². The molecule has 3 heteroatoms. The minimum atomic E-state index is 0.386. The largest absolute Gasteiger partial charge is 0.261 e. The molecule has 72 valence electrons. The molecule has 2 rings (SSSR count). The summed E-state index contributed by atoms with van der Waals surface area (Å²) in [4.78, 5) is 6.05. The highest BCUT2D eigenvalue weighted by atomic mass is 79.9. The van der Waals surface area contributed by atoms with Crippen molar-refractivity contribution < 1.29 is 0 Å². The number of pyridine rings is 1. The summed E-state index contributed by atoms with van der Waals surface area (Å²) in [6.07, 6.45) is 2.78. The third-order valence-corrected chi connectivity index (χ3v) is 4.07. The van der Waals surface area contributed by atoms with E-state index in [0.29, 0.717) is 4.83 Å². The van der Waals surface area contributed by atoms with E-state index in [1.165, 1.54) is 4.88 Å². The molecule has 0 aromatic carbocycles. The van der Waals surface area contributed by atoms with Gasteiger partial charge in [0.05, 0.1) is 4.83 Å². The molecular weight excluding hydrogens is 258 g/mol. The number of rotatable bonds is 3. The van der Waals surface area contributed by atoms with E-state index in [4.69, 9.17) is 0 Å². The van der Waals surface area contributed by atoms with Crippen molar-refractivity contribution in [2.45, 2.75) is 11.2 Å². The van der Waals surface area contributed by atoms with Crippen LogP contribution < -0.4 is 0 Å². The van der Waals surface area contributed by atoms with E-state index in [1.807, 2.05) is 18.3 Å². The molecule has 0 aliphatic heterocycles. The first-order valence-corrected chi connectivity index (χ1v) is 6.23. The molecule has 2 aromatic heterocycles. The van der Waals surface area contributed by atoms with Gasteiger partial charge in [-0.2, -0.15) is 0 Å². The highest BCUT2D eigenvalue weighted by Gasteiger charge is 2.09. The number of hydrogen-bond donors (Lipinski definition) is 0. The lowest BCUT2D eigenvalue weighted by Gasteiger charge is -2.05. The average Bonchev–Trinajstić information content (AvgIpc) is 2.72. The van der Waals surface area contributed by atoms with Crippen LogP contribution in [0.1, 0.15) is 15.4 Å². The molecule has 0 spiro atoms. The second-order valence-corrected chi connectivity index (χ2v) is 5.09. The van der Waals surface area contributed by atoms with E-state index in [0.717, 1.165) is 12.1 Å². The number of thiophene rings is 1. The molecule has 2 aromatic rings. The van der Waals surface area contributed by atoms with Crippen LogP contribution in [-0.4, -0.2) is 4.98 Å². The van der Waals surface area contributed by atoms with Crippen LogP contribution in [0.5, 0.6) is 0 Å². The standard InChI is InChI=1S/C11H10BrNS/c12-10(11-5-3-7-14-11)8-9-4-1-2-6-13-9/h1-7,10H,8H2. The summed E-state index contributed by atoms with van der Waals surface area (Å²) in [5.74, 6) is 0. The molecule has 2 heterocycles. The lowest BCUT2D eigenvalue weighted by Crippen LogP contribution is -1.94. The van der Waals surface area contributed by atoms with Crippen LogP contribution in [0.3, 0.4) is 0 Å². The quantitative estimate of drug-likeness (QED) is 0.771. The maximum atomic E-state index is 4.30. The van der Waals surface area contributed by atoms with Gasteiger partial charge in [0.15, 0.2) is 0 Å². The molecule has 0 aliphatic carbocycles. The smallest absolute Gasteiger partial charge is 0.0544 e. The molecule has 0 N–H and O–H groups in total. The Bertz CT molecular complexity index is 371. The first-order chi connectivity index (χ1) is 6.86. The molecule has 0 fully saturated rings. The summed E-state index contributed by atoms with van der Waals surface area (Å²) >= 11 is 5.45. The zero-order chi connectivity index (χ0) is 9.80. The van der Waals surface area contributed by atoms with Crippen molar-refractivity contribution in [2.24, 2.45) is 0 Å². The lowest BCUT2D eigenvalue weighted by molar-refractivity contribution is 0.920. The van der Waals surface area contributed by atoms with Crippen LogP contribution >= 0.6 is 27.3 Å². The minimum Gasteiger partial charge on any atom is -0.261 e. The zero-order valence-electron chi connectivity index (χ0n) is 7.56. The molecule has 0 saturated carbocycles. The van der Waals surface area contributed by atoms with Crippen molar-refractivity contribution in [1.82, 2.24) is 4.98 Å². The normalized spacial score (nSPS) is 12.6. The molecular formula is C11H10BrNS. The van der Waals surface area contributed by atoms with Crippen LogP contribution in [0.25, 0.3) is 0 Å². The van der Waals surface area contributed by atoms with Crippen LogP contribution in [-0.2, 0) is 6.42 Å². The van der Waals surface area contributed by atoms with Gasteiger partial charge >= 0.3 is 0 Å². The van der Waals surface area contributed by atoms with Gasteiger partial charge in [-0.05, 0) is 23.6 Å². The Morgan fingerprint density at radius 1 is 1.29 bits per heavy atom. The monoisotopic (exact) mass is 267 g/mol. The van der Waals surface area contributed by atoms with Crippen LogP contribution in [0.2, 0.25) is 0 Å². The Balaban J connectivity index is 2.06. The van der Waals surface area contributed by atoms with Gasteiger partial charge in [0.25, 0.3) is 0 Å². The number of hydrogen-bond acceptors (Lipinski definition) is 2. The fourth-order valence-electron chi connectivity index (χ4n) is 1.27. The fourth-order valence-corrected chi connectivity index (χ4v) is 2.78. The first-order valence-electron chi connectivity index (χ1n) is 4.43. The van der Waals surface area contributed by atoms with Gasteiger partial charge in [-0.3, -0.25) is 4.98 Å². The third kappa shape index (κ3) is 2.42. The van der Waals surface area contributed by atoms with Gasteiger partial charge in [-0.15, -0.1) is 11.3 Å². The molecule has 0 aliphatic rings. The Kier molecular flexibility index (Phi) is 3.32. The van der Waals surface area contributed by atoms with Crippen molar-refractivity contribution >= 4 is 27.3 Å². The maximum Gasteiger partial charge on any atom is 0.0544 e. The third-order valence-electron chi connectivity index (χ3n) is 1.97. The highest BCUT2D eigenvalue weighted by molar-refractivity contribution is 9.09. The van der Waals surface area contributed by atoms with E-state index < -0.39 is 0 Å². The number of halogens is 1. The van der Waals surface area contributed by atoms with Gasteiger partial charge in [-0.1, -0.05) is 28.1 Å². The molecule has 1 unspecified atom stereocenters. The van der Waals surface area contributed by atoms with Gasteiger partial charge in [0.1, 0.15) is 0 Å². The number of aromatic nitrogens is 1. The van der Waals surface area contributed by atoms with Crippen molar-refractivity contribution in [3.63, 3.8) is 0 Å². The molecule has 1 nitrogen and oxygen atoms in total. The predicted octanol–water partition coefficient (Wildman–Crippen LogP) is 3.82. The molecule has 0 radical (unpaired) electrons. The van der Waals surface area contributed by atoms with Gasteiger partial charge in [0.2, 0.25) is 0 Å². The Hall–Kier alpha value is -0.670. The summed E-state index contributed by atoms with van der Waals surface area (Å²) in [5.41, 5.74) is 1.13. The van der Waals surface area contributed by atoms with Crippen molar-refractivity contribution in [2.75, 3.05) is 0 Å². The summed E-state index contributed by atoms with van der Waals surface area (Å²) in [5, 5.41) is 2.10. The van der Waals surface area contributed by atoms with Crippen molar-refractivity contribution in [3.8, 4) is 0 Å². The van der Waals surface area contributed by atoms with Gasteiger partial charge in [0, 0.05) is 23.2 Å². The molecule has 0 amide bonds. The Morgan fingerprint density at radius 2 is 2.21 bits per heavy atom. The van der Waals surface area contributed by atoms with Crippen LogP contribution in [0.15, 0.2) is 41.9 Å². The molecule has 14 heavy (non-hydrogen) atoms. The Labute approximate surface area is 95.9 Å². The maximum absolute atomic E-state index is 4.30. The van der Waals surface area contributed by atoms with E-state index in [1.54, 1.807) is 11.3 Å². The number of alkyl halides is 1. The predicted molar refractivity (Wildman–Crippen MR) is 63.9 cm³/mol. The first kappa shape index (κ1) is 9.87. The van der Waals surface area contributed by atoms with Crippen LogP contribution in [0.4, 0.5) is 0 Å². The van der Waals surface area contributed by atoms with E-state index >= 15 is 0 Å². The summed E-state index contributed by atoms with van der Waals surface area (Å²) in [6.45, 7) is 0. The minimum absolute atomic E-state index is 0.386. The van der Waals surface area contributed by atoms with E-state index in [9.17, 15) is 0 Å². The second-order valence-electron chi connectivity index (χ2n) is 3.01.